The molecular formula is C13H19ClO. The van der Waals surface area contributed by atoms with Gasteiger partial charge in [0.15, 0.2) is 0 Å². The molecule has 0 aliphatic heterocycles. The second-order valence-electron chi connectivity index (χ2n) is 5.54. The van der Waals surface area contributed by atoms with Crippen molar-refractivity contribution in [3.05, 3.63) is 34.3 Å². The summed E-state index contributed by atoms with van der Waals surface area (Å²) in [6.07, 6.45) is 0. The molecule has 0 fully saturated rings. The normalized spacial score (nSPS) is 13.0. The molecule has 0 aliphatic carbocycles. The first kappa shape index (κ1) is 12.5. The first-order valence-corrected chi connectivity index (χ1v) is 5.52. The lowest BCUT2D eigenvalue weighted by atomic mass is 9.84. The molecule has 1 rings (SSSR count). The third-order valence-electron chi connectivity index (χ3n) is 2.47. The van der Waals surface area contributed by atoms with Crippen LogP contribution in [0.5, 0.6) is 0 Å². The van der Waals surface area contributed by atoms with Crippen molar-refractivity contribution in [2.45, 2.75) is 45.6 Å². The highest BCUT2D eigenvalue weighted by Crippen LogP contribution is 2.30. The van der Waals surface area contributed by atoms with Crippen LogP contribution in [0, 0.1) is 0 Å². The number of aliphatic hydroxyl groups is 1. The van der Waals surface area contributed by atoms with Crippen molar-refractivity contribution in [1.82, 2.24) is 0 Å². The summed E-state index contributed by atoms with van der Waals surface area (Å²) >= 11 is 6.05. The summed E-state index contributed by atoms with van der Waals surface area (Å²) in [6, 6.07) is 5.79. The Morgan fingerprint density at radius 2 is 1.40 bits per heavy atom. The quantitative estimate of drug-likeness (QED) is 0.771. The van der Waals surface area contributed by atoms with Gasteiger partial charge in [-0.05, 0) is 42.5 Å². The molecule has 1 aromatic rings. The van der Waals surface area contributed by atoms with E-state index in [0.29, 0.717) is 5.02 Å². The van der Waals surface area contributed by atoms with Gasteiger partial charge in [-0.3, -0.25) is 0 Å². The van der Waals surface area contributed by atoms with Crippen molar-refractivity contribution in [3.63, 3.8) is 0 Å². The van der Waals surface area contributed by atoms with E-state index < -0.39 is 5.60 Å². The molecule has 0 aromatic heterocycles. The molecule has 0 saturated carbocycles. The molecule has 0 unspecified atom stereocenters. The molecule has 84 valence electrons. The van der Waals surface area contributed by atoms with Gasteiger partial charge in [0.2, 0.25) is 0 Å². The summed E-state index contributed by atoms with van der Waals surface area (Å²) in [5.74, 6) is 0. The van der Waals surface area contributed by atoms with E-state index in [1.54, 1.807) is 13.8 Å². The van der Waals surface area contributed by atoms with Crippen molar-refractivity contribution in [2.75, 3.05) is 0 Å². The van der Waals surface area contributed by atoms with Crippen LogP contribution in [0.2, 0.25) is 5.02 Å². The third-order valence-corrected chi connectivity index (χ3v) is 2.69. The monoisotopic (exact) mass is 226 g/mol. The van der Waals surface area contributed by atoms with Crippen molar-refractivity contribution in [3.8, 4) is 0 Å². The van der Waals surface area contributed by atoms with Gasteiger partial charge in [-0.15, -0.1) is 0 Å². The first-order valence-electron chi connectivity index (χ1n) is 5.14. The van der Waals surface area contributed by atoms with E-state index in [-0.39, 0.29) is 5.41 Å². The molecule has 0 heterocycles. The number of hydrogen-bond donors (Lipinski definition) is 1. The van der Waals surface area contributed by atoms with E-state index in [1.165, 1.54) is 0 Å². The average molecular weight is 227 g/mol. The molecule has 2 heteroatoms. The van der Waals surface area contributed by atoms with E-state index in [0.717, 1.165) is 11.1 Å². The Balaban J connectivity index is 3.30. The van der Waals surface area contributed by atoms with Crippen LogP contribution >= 0.6 is 11.6 Å². The summed E-state index contributed by atoms with van der Waals surface area (Å²) in [5, 5.41) is 10.6. The predicted molar refractivity (Wildman–Crippen MR) is 65.4 cm³/mol. The Morgan fingerprint density at radius 3 is 1.80 bits per heavy atom. The third kappa shape index (κ3) is 3.22. The number of hydrogen-bond acceptors (Lipinski definition) is 1. The van der Waals surface area contributed by atoms with Crippen LogP contribution in [-0.2, 0) is 11.0 Å². The Morgan fingerprint density at radius 1 is 0.933 bits per heavy atom. The molecule has 0 atom stereocenters. The molecule has 0 bridgehead atoms. The van der Waals surface area contributed by atoms with E-state index in [9.17, 15) is 5.11 Å². The minimum absolute atomic E-state index is 0.0465. The van der Waals surface area contributed by atoms with Gasteiger partial charge in [-0.1, -0.05) is 38.4 Å². The van der Waals surface area contributed by atoms with Crippen molar-refractivity contribution in [1.29, 1.82) is 0 Å². The van der Waals surface area contributed by atoms with Crippen LogP contribution in [-0.4, -0.2) is 5.11 Å². The van der Waals surface area contributed by atoms with E-state index in [2.05, 4.69) is 20.8 Å². The van der Waals surface area contributed by atoms with Gasteiger partial charge in [0.25, 0.3) is 0 Å². The van der Waals surface area contributed by atoms with Gasteiger partial charge in [0.05, 0.1) is 5.60 Å². The maximum atomic E-state index is 9.94. The summed E-state index contributed by atoms with van der Waals surface area (Å²) < 4.78 is 0. The van der Waals surface area contributed by atoms with Crippen LogP contribution in [0.15, 0.2) is 18.2 Å². The average Bonchev–Trinajstić information content (AvgIpc) is 1.99. The van der Waals surface area contributed by atoms with Gasteiger partial charge in [-0.25, -0.2) is 0 Å². The number of halogens is 1. The summed E-state index contributed by atoms with van der Waals surface area (Å²) in [4.78, 5) is 0. The summed E-state index contributed by atoms with van der Waals surface area (Å²) in [5.41, 5.74) is 1.21. The number of rotatable bonds is 1. The Labute approximate surface area is 97.1 Å². The fourth-order valence-corrected chi connectivity index (χ4v) is 1.61. The highest BCUT2D eigenvalue weighted by Gasteiger charge is 2.21. The molecule has 0 saturated heterocycles. The van der Waals surface area contributed by atoms with Gasteiger partial charge < -0.3 is 5.11 Å². The lowest BCUT2D eigenvalue weighted by Gasteiger charge is -2.24. The zero-order valence-electron chi connectivity index (χ0n) is 10.1. The van der Waals surface area contributed by atoms with Crippen LogP contribution in [0.1, 0.15) is 45.7 Å². The minimum Gasteiger partial charge on any atom is -0.386 e. The lowest BCUT2D eigenvalue weighted by Crippen LogP contribution is -2.18. The Hall–Kier alpha value is -0.530. The highest BCUT2D eigenvalue weighted by molar-refractivity contribution is 6.30. The Kier molecular flexibility index (Phi) is 3.18. The van der Waals surface area contributed by atoms with E-state index >= 15 is 0 Å². The lowest BCUT2D eigenvalue weighted by molar-refractivity contribution is 0.0784. The molecule has 1 N–H and O–H groups in total. The fraction of sp³-hybridized carbons (Fsp3) is 0.538. The molecule has 0 amide bonds. The fourth-order valence-electron chi connectivity index (χ4n) is 1.38. The second kappa shape index (κ2) is 3.80. The SMILES string of the molecule is CC(C)(C)c1cc(Cl)cc(C(C)(C)O)c1. The molecule has 15 heavy (non-hydrogen) atoms. The van der Waals surface area contributed by atoms with Gasteiger partial charge in [0, 0.05) is 5.02 Å². The zero-order valence-corrected chi connectivity index (χ0v) is 10.8. The molecule has 0 spiro atoms. The van der Waals surface area contributed by atoms with Gasteiger partial charge in [-0.2, -0.15) is 0 Å². The topological polar surface area (TPSA) is 20.2 Å². The standard InChI is InChI=1S/C13H19ClO/c1-12(2,3)9-6-10(13(4,5)15)8-11(14)7-9/h6-8,15H,1-5H3. The largest absolute Gasteiger partial charge is 0.386 e. The molecule has 0 aliphatic rings. The first-order chi connectivity index (χ1) is 6.60. The predicted octanol–water partition coefficient (Wildman–Crippen LogP) is 3.86. The van der Waals surface area contributed by atoms with Crippen molar-refractivity contribution in [2.24, 2.45) is 0 Å². The van der Waals surface area contributed by atoms with Crippen molar-refractivity contribution >= 4 is 11.6 Å². The van der Waals surface area contributed by atoms with Gasteiger partial charge >= 0.3 is 0 Å². The van der Waals surface area contributed by atoms with Crippen molar-refractivity contribution < 1.29 is 5.11 Å². The second-order valence-corrected chi connectivity index (χ2v) is 5.97. The maximum Gasteiger partial charge on any atom is 0.0841 e. The number of benzene rings is 1. The van der Waals surface area contributed by atoms with Gasteiger partial charge in [0.1, 0.15) is 0 Å². The van der Waals surface area contributed by atoms with Crippen LogP contribution < -0.4 is 0 Å². The molecular weight excluding hydrogens is 208 g/mol. The van der Waals surface area contributed by atoms with Crippen LogP contribution in [0.25, 0.3) is 0 Å². The zero-order chi connectivity index (χ0) is 11.9. The maximum absolute atomic E-state index is 9.94. The smallest absolute Gasteiger partial charge is 0.0841 e. The Bertz CT molecular complexity index is 324. The summed E-state index contributed by atoms with van der Waals surface area (Å²) in [7, 11) is 0. The molecule has 1 nitrogen and oxygen atoms in total. The highest BCUT2D eigenvalue weighted by atomic mass is 35.5. The minimum atomic E-state index is -0.842. The van der Waals surface area contributed by atoms with Crippen LogP contribution in [0.3, 0.4) is 0 Å². The van der Waals surface area contributed by atoms with E-state index in [1.807, 2.05) is 18.2 Å². The molecule has 0 radical (unpaired) electrons. The van der Waals surface area contributed by atoms with Crippen LogP contribution in [0.4, 0.5) is 0 Å². The summed E-state index contributed by atoms with van der Waals surface area (Å²) in [6.45, 7) is 9.93. The van der Waals surface area contributed by atoms with E-state index in [4.69, 9.17) is 11.6 Å². The molecule has 1 aromatic carbocycles.